The third-order valence-corrected chi connectivity index (χ3v) is 3.50. The van der Waals surface area contributed by atoms with Crippen LogP contribution in [0.4, 0.5) is 0 Å². The molecule has 0 bridgehead atoms. The Balaban J connectivity index is 2.15. The van der Waals surface area contributed by atoms with Crippen molar-refractivity contribution < 1.29 is 0 Å². The summed E-state index contributed by atoms with van der Waals surface area (Å²) in [6.45, 7) is 4.50. The first-order chi connectivity index (χ1) is 7.68. The maximum atomic E-state index is 6.22. The average molecular weight is 221 g/mol. The van der Waals surface area contributed by atoms with Crippen molar-refractivity contribution in [1.82, 2.24) is 9.55 Å². The molecule has 0 aromatic carbocycles. The molecule has 1 aliphatic rings. The molecule has 3 nitrogen and oxygen atoms in total. The van der Waals surface area contributed by atoms with E-state index in [1.807, 2.05) is 12.5 Å². The monoisotopic (exact) mass is 221 g/mol. The zero-order valence-corrected chi connectivity index (χ0v) is 10.4. The van der Waals surface area contributed by atoms with E-state index in [0.717, 1.165) is 12.8 Å². The quantitative estimate of drug-likeness (QED) is 0.852. The molecule has 90 valence electrons. The first-order valence-corrected chi connectivity index (χ1v) is 6.44. The summed E-state index contributed by atoms with van der Waals surface area (Å²) in [7, 11) is 0. The second-order valence-corrected chi connectivity index (χ2v) is 5.41. The average Bonchev–Trinajstić information content (AvgIpc) is 2.66. The van der Waals surface area contributed by atoms with Gasteiger partial charge in [0.2, 0.25) is 0 Å². The van der Waals surface area contributed by atoms with Crippen LogP contribution in [0.1, 0.15) is 51.3 Å². The Morgan fingerprint density at radius 1 is 1.44 bits per heavy atom. The molecule has 2 unspecified atom stereocenters. The minimum atomic E-state index is 0.314. The van der Waals surface area contributed by atoms with Crippen LogP contribution in [-0.4, -0.2) is 15.6 Å². The molecule has 0 amide bonds. The summed E-state index contributed by atoms with van der Waals surface area (Å²) in [5.41, 5.74) is 7.57. The van der Waals surface area contributed by atoms with E-state index in [9.17, 15) is 0 Å². The fourth-order valence-electron chi connectivity index (χ4n) is 2.69. The van der Waals surface area contributed by atoms with E-state index in [0.29, 0.717) is 18.0 Å². The molecule has 16 heavy (non-hydrogen) atoms. The zero-order valence-electron chi connectivity index (χ0n) is 10.4. The van der Waals surface area contributed by atoms with Crippen LogP contribution >= 0.6 is 0 Å². The van der Waals surface area contributed by atoms with E-state index in [1.165, 1.54) is 25.0 Å². The van der Waals surface area contributed by atoms with Crippen molar-refractivity contribution in [3.63, 3.8) is 0 Å². The molecule has 0 saturated heterocycles. The highest BCUT2D eigenvalue weighted by molar-refractivity contribution is 5.03. The number of rotatable bonds is 3. The van der Waals surface area contributed by atoms with E-state index in [-0.39, 0.29) is 0 Å². The Morgan fingerprint density at radius 3 is 2.88 bits per heavy atom. The van der Waals surface area contributed by atoms with E-state index in [1.54, 1.807) is 0 Å². The fraction of sp³-hybridized carbons (Fsp3) is 0.769. The maximum Gasteiger partial charge on any atom is 0.0951 e. The highest BCUT2D eigenvalue weighted by Crippen LogP contribution is 2.28. The van der Waals surface area contributed by atoms with Crippen molar-refractivity contribution in [2.24, 2.45) is 11.7 Å². The molecule has 0 radical (unpaired) electrons. The largest absolute Gasteiger partial charge is 0.330 e. The Bertz CT molecular complexity index is 330. The normalized spacial score (nSPS) is 26.2. The van der Waals surface area contributed by atoms with Gasteiger partial charge < -0.3 is 10.3 Å². The molecule has 1 heterocycles. The molecule has 2 rings (SSSR count). The first-order valence-electron chi connectivity index (χ1n) is 6.44. The van der Waals surface area contributed by atoms with E-state index >= 15 is 0 Å². The second kappa shape index (κ2) is 5.00. The molecular weight excluding hydrogens is 198 g/mol. The van der Waals surface area contributed by atoms with Crippen LogP contribution in [0.5, 0.6) is 0 Å². The minimum Gasteiger partial charge on any atom is -0.330 e. The minimum absolute atomic E-state index is 0.314. The number of hydrogen-bond donors (Lipinski definition) is 1. The fourth-order valence-corrected chi connectivity index (χ4v) is 2.69. The van der Waals surface area contributed by atoms with Gasteiger partial charge in [0.25, 0.3) is 0 Å². The van der Waals surface area contributed by atoms with Gasteiger partial charge in [-0.3, -0.25) is 0 Å². The lowest BCUT2D eigenvalue weighted by Crippen LogP contribution is -2.35. The van der Waals surface area contributed by atoms with Crippen LogP contribution in [-0.2, 0) is 6.42 Å². The molecule has 1 aromatic rings. The SMILES string of the molecule is CC(C)Cc1cncn1C1CCCCC1N. The highest BCUT2D eigenvalue weighted by Gasteiger charge is 2.24. The van der Waals surface area contributed by atoms with Crippen LogP contribution in [0.15, 0.2) is 12.5 Å². The summed E-state index contributed by atoms with van der Waals surface area (Å²) < 4.78 is 2.32. The van der Waals surface area contributed by atoms with Crippen molar-refractivity contribution in [2.75, 3.05) is 0 Å². The number of imidazole rings is 1. The summed E-state index contributed by atoms with van der Waals surface area (Å²) >= 11 is 0. The van der Waals surface area contributed by atoms with E-state index in [2.05, 4.69) is 23.4 Å². The standard InChI is InChI=1S/C13H23N3/c1-10(2)7-11-8-15-9-16(11)13-6-4-3-5-12(13)14/h8-10,12-13H,3-7,14H2,1-2H3. The summed E-state index contributed by atoms with van der Waals surface area (Å²) in [5, 5.41) is 0. The van der Waals surface area contributed by atoms with Gasteiger partial charge in [-0.15, -0.1) is 0 Å². The van der Waals surface area contributed by atoms with Gasteiger partial charge in [0.05, 0.1) is 6.33 Å². The number of nitrogens with zero attached hydrogens (tertiary/aromatic N) is 2. The molecule has 0 aliphatic heterocycles. The molecule has 1 aliphatic carbocycles. The van der Waals surface area contributed by atoms with Crippen LogP contribution < -0.4 is 5.73 Å². The molecule has 2 N–H and O–H groups in total. The molecular formula is C13H23N3. The van der Waals surface area contributed by atoms with Gasteiger partial charge >= 0.3 is 0 Å². The third kappa shape index (κ3) is 2.46. The van der Waals surface area contributed by atoms with Crippen LogP contribution in [0, 0.1) is 5.92 Å². The summed E-state index contributed by atoms with van der Waals surface area (Å²) in [5.74, 6) is 0.676. The molecule has 1 aromatic heterocycles. The van der Waals surface area contributed by atoms with Crippen LogP contribution in [0.3, 0.4) is 0 Å². The van der Waals surface area contributed by atoms with Crippen molar-refractivity contribution >= 4 is 0 Å². The molecule has 1 fully saturated rings. The number of aromatic nitrogens is 2. The molecule has 0 spiro atoms. The Morgan fingerprint density at radius 2 is 2.19 bits per heavy atom. The lowest BCUT2D eigenvalue weighted by Gasteiger charge is -2.31. The van der Waals surface area contributed by atoms with Crippen molar-refractivity contribution in [2.45, 2.75) is 58.0 Å². The Hall–Kier alpha value is -0.830. The van der Waals surface area contributed by atoms with Gasteiger partial charge in [-0.1, -0.05) is 26.7 Å². The van der Waals surface area contributed by atoms with Gasteiger partial charge in [0, 0.05) is 24.0 Å². The second-order valence-electron chi connectivity index (χ2n) is 5.41. The van der Waals surface area contributed by atoms with Crippen LogP contribution in [0.25, 0.3) is 0 Å². The number of hydrogen-bond acceptors (Lipinski definition) is 2. The van der Waals surface area contributed by atoms with E-state index in [4.69, 9.17) is 5.73 Å². The summed E-state index contributed by atoms with van der Waals surface area (Å²) in [6.07, 6.45) is 10.0. The topological polar surface area (TPSA) is 43.8 Å². The third-order valence-electron chi connectivity index (χ3n) is 3.50. The van der Waals surface area contributed by atoms with Crippen molar-refractivity contribution in [3.8, 4) is 0 Å². The molecule has 2 atom stereocenters. The van der Waals surface area contributed by atoms with Crippen molar-refractivity contribution in [1.29, 1.82) is 0 Å². The Labute approximate surface area is 98.1 Å². The molecule has 1 saturated carbocycles. The van der Waals surface area contributed by atoms with Gasteiger partial charge in [0.1, 0.15) is 0 Å². The van der Waals surface area contributed by atoms with Crippen molar-refractivity contribution in [3.05, 3.63) is 18.2 Å². The predicted octanol–water partition coefficient (Wildman–Crippen LogP) is 2.52. The van der Waals surface area contributed by atoms with Crippen LogP contribution in [0.2, 0.25) is 0 Å². The predicted molar refractivity (Wildman–Crippen MR) is 66.2 cm³/mol. The number of nitrogens with two attached hydrogens (primary N) is 1. The van der Waals surface area contributed by atoms with Gasteiger partial charge in [-0.2, -0.15) is 0 Å². The first kappa shape index (κ1) is 11.6. The van der Waals surface area contributed by atoms with Gasteiger partial charge in [0.15, 0.2) is 0 Å². The zero-order chi connectivity index (χ0) is 11.5. The summed E-state index contributed by atoms with van der Waals surface area (Å²) in [6, 6.07) is 0.791. The highest BCUT2D eigenvalue weighted by atomic mass is 15.1. The van der Waals surface area contributed by atoms with E-state index < -0.39 is 0 Å². The van der Waals surface area contributed by atoms with Gasteiger partial charge in [-0.25, -0.2) is 4.98 Å². The summed E-state index contributed by atoms with van der Waals surface area (Å²) in [4.78, 5) is 4.29. The lowest BCUT2D eigenvalue weighted by molar-refractivity contribution is 0.299. The Kier molecular flexibility index (Phi) is 3.64. The molecule has 3 heteroatoms. The maximum absolute atomic E-state index is 6.22. The lowest BCUT2D eigenvalue weighted by atomic mass is 9.90. The van der Waals surface area contributed by atoms with Gasteiger partial charge in [-0.05, 0) is 25.2 Å². The smallest absolute Gasteiger partial charge is 0.0951 e.